The van der Waals surface area contributed by atoms with Gasteiger partial charge in [0.15, 0.2) is 0 Å². The summed E-state index contributed by atoms with van der Waals surface area (Å²) in [6.07, 6.45) is 7.04. The van der Waals surface area contributed by atoms with E-state index in [1.165, 1.54) is 0 Å². The molecule has 0 radical (unpaired) electrons. The standard InChI is InChI=1S/C14H12ClNO/c1-11-6-2-3-8-13(11)17-14(15)9-5-4-7-12(14)10-16/h2-9,12H,1H3. The van der Waals surface area contributed by atoms with Crippen molar-refractivity contribution in [1.82, 2.24) is 0 Å². The van der Waals surface area contributed by atoms with Gasteiger partial charge in [-0.2, -0.15) is 5.26 Å². The van der Waals surface area contributed by atoms with Crippen molar-refractivity contribution in [2.24, 2.45) is 5.92 Å². The number of benzene rings is 1. The van der Waals surface area contributed by atoms with Crippen molar-refractivity contribution in [1.29, 1.82) is 5.26 Å². The quantitative estimate of drug-likeness (QED) is 0.747. The predicted octanol–water partition coefficient (Wildman–Crippen LogP) is 3.57. The fraction of sp³-hybridized carbons (Fsp3) is 0.214. The number of hydrogen-bond acceptors (Lipinski definition) is 2. The Morgan fingerprint density at radius 2 is 2.12 bits per heavy atom. The molecule has 0 heterocycles. The Morgan fingerprint density at radius 1 is 1.35 bits per heavy atom. The first-order valence-electron chi connectivity index (χ1n) is 5.35. The van der Waals surface area contributed by atoms with E-state index in [0.29, 0.717) is 5.75 Å². The molecule has 2 atom stereocenters. The lowest BCUT2D eigenvalue weighted by Crippen LogP contribution is -2.35. The van der Waals surface area contributed by atoms with Gasteiger partial charge in [-0.15, -0.1) is 0 Å². The molecule has 0 saturated carbocycles. The van der Waals surface area contributed by atoms with E-state index in [9.17, 15) is 0 Å². The Morgan fingerprint density at radius 3 is 2.82 bits per heavy atom. The van der Waals surface area contributed by atoms with Gasteiger partial charge in [0, 0.05) is 0 Å². The van der Waals surface area contributed by atoms with E-state index >= 15 is 0 Å². The SMILES string of the molecule is Cc1ccccc1OC1(Cl)C=CC=CC1C#N. The van der Waals surface area contributed by atoms with Gasteiger partial charge < -0.3 is 4.74 Å². The number of rotatable bonds is 2. The Kier molecular flexibility index (Phi) is 3.21. The topological polar surface area (TPSA) is 33.0 Å². The van der Waals surface area contributed by atoms with Crippen LogP contribution in [-0.4, -0.2) is 5.06 Å². The summed E-state index contributed by atoms with van der Waals surface area (Å²) < 4.78 is 5.78. The zero-order valence-electron chi connectivity index (χ0n) is 9.43. The minimum absolute atomic E-state index is 0.492. The van der Waals surface area contributed by atoms with Crippen molar-refractivity contribution in [2.45, 2.75) is 12.0 Å². The predicted molar refractivity (Wildman–Crippen MR) is 67.8 cm³/mol. The van der Waals surface area contributed by atoms with E-state index in [1.807, 2.05) is 31.2 Å². The average molecular weight is 246 g/mol. The molecule has 2 nitrogen and oxygen atoms in total. The number of para-hydroxylation sites is 1. The summed E-state index contributed by atoms with van der Waals surface area (Å²) in [6.45, 7) is 1.94. The maximum atomic E-state index is 9.07. The number of alkyl halides is 1. The number of ether oxygens (including phenoxy) is 1. The molecule has 86 valence electrons. The van der Waals surface area contributed by atoms with Crippen molar-refractivity contribution in [3.63, 3.8) is 0 Å². The molecule has 0 fully saturated rings. The van der Waals surface area contributed by atoms with Gasteiger partial charge in [-0.25, -0.2) is 0 Å². The fourth-order valence-electron chi connectivity index (χ4n) is 1.66. The highest BCUT2D eigenvalue weighted by molar-refractivity contribution is 6.25. The molecule has 0 spiro atoms. The summed E-state index contributed by atoms with van der Waals surface area (Å²) in [5, 5.41) is 7.96. The second-order valence-corrected chi connectivity index (χ2v) is 4.51. The summed E-state index contributed by atoms with van der Waals surface area (Å²) in [6, 6.07) is 9.74. The molecule has 0 aliphatic heterocycles. The lowest BCUT2D eigenvalue weighted by atomic mass is 9.98. The van der Waals surface area contributed by atoms with Gasteiger partial charge in [0.05, 0.1) is 6.07 Å². The average Bonchev–Trinajstić information content (AvgIpc) is 2.32. The molecule has 1 aliphatic rings. The number of halogens is 1. The number of aryl methyl sites for hydroxylation is 1. The molecule has 0 bridgehead atoms. The molecule has 2 rings (SSSR count). The summed E-state index contributed by atoms with van der Waals surface area (Å²) in [4.78, 5) is 0. The lowest BCUT2D eigenvalue weighted by molar-refractivity contribution is 0.180. The Bertz CT molecular complexity index is 515. The molecule has 1 aromatic carbocycles. The van der Waals surface area contributed by atoms with E-state index in [1.54, 1.807) is 24.3 Å². The molecular formula is C14H12ClNO. The monoisotopic (exact) mass is 245 g/mol. The molecular weight excluding hydrogens is 234 g/mol. The zero-order chi connectivity index (χ0) is 12.3. The normalized spacial score (nSPS) is 26.5. The summed E-state index contributed by atoms with van der Waals surface area (Å²) in [5.74, 6) is 0.205. The Hall–Kier alpha value is -1.72. The van der Waals surface area contributed by atoms with Crippen LogP contribution in [0.15, 0.2) is 48.6 Å². The van der Waals surface area contributed by atoms with Crippen LogP contribution in [0.1, 0.15) is 5.56 Å². The highest BCUT2D eigenvalue weighted by Gasteiger charge is 2.37. The van der Waals surface area contributed by atoms with Crippen molar-refractivity contribution in [3.05, 3.63) is 54.1 Å². The van der Waals surface area contributed by atoms with Crippen LogP contribution in [0, 0.1) is 24.2 Å². The minimum Gasteiger partial charge on any atom is -0.466 e. The van der Waals surface area contributed by atoms with Crippen LogP contribution in [0.5, 0.6) is 5.75 Å². The van der Waals surface area contributed by atoms with E-state index in [2.05, 4.69) is 6.07 Å². The van der Waals surface area contributed by atoms with Crippen LogP contribution in [0.2, 0.25) is 0 Å². The van der Waals surface area contributed by atoms with Gasteiger partial charge in [0.2, 0.25) is 5.06 Å². The van der Waals surface area contributed by atoms with E-state index < -0.39 is 11.0 Å². The van der Waals surface area contributed by atoms with Gasteiger partial charge in [-0.1, -0.05) is 48.0 Å². The Balaban J connectivity index is 2.29. The fourth-order valence-corrected chi connectivity index (χ4v) is 1.94. The zero-order valence-corrected chi connectivity index (χ0v) is 10.2. The van der Waals surface area contributed by atoms with Crippen LogP contribution < -0.4 is 4.74 Å². The molecule has 0 N–H and O–H groups in total. The van der Waals surface area contributed by atoms with Crippen molar-refractivity contribution < 1.29 is 4.74 Å². The van der Waals surface area contributed by atoms with Gasteiger partial charge in [0.25, 0.3) is 0 Å². The molecule has 17 heavy (non-hydrogen) atoms. The number of nitriles is 1. The second-order valence-electron chi connectivity index (χ2n) is 3.92. The minimum atomic E-state index is -1.12. The van der Waals surface area contributed by atoms with Crippen molar-refractivity contribution in [2.75, 3.05) is 0 Å². The molecule has 3 heteroatoms. The number of hydrogen-bond donors (Lipinski definition) is 0. The molecule has 1 aromatic rings. The van der Waals surface area contributed by atoms with Crippen LogP contribution >= 0.6 is 11.6 Å². The van der Waals surface area contributed by atoms with Gasteiger partial charge >= 0.3 is 0 Å². The van der Waals surface area contributed by atoms with Crippen molar-refractivity contribution >= 4 is 11.6 Å². The third-order valence-corrected chi connectivity index (χ3v) is 3.10. The number of allylic oxidation sites excluding steroid dienone is 2. The molecule has 2 unspecified atom stereocenters. The third kappa shape index (κ3) is 2.35. The first kappa shape index (κ1) is 11.8. The highest BCUT2D eigenvalue weighted by atomic mass is 35.5. The largest absolute Gasteiger partial charge is 0.466 e. The smallest absolute Gasteiger partial charge is 0.220 e. The van der Waals surface area contributed by atoms with Crippen LogP contribution in [0.4, 0.5) is 0 Å². The van der Waals surface area contributed by atoms with Crippen LogP contribution in [0.3, 0.4) is 0 Å². The van der Waals surface area contributed by atoms with Crippen molar-refractivity contribution in [3.8, 4) is 11.8 Å². The third-order valence-electron chi connectivity index (χ3n) is 2.66. The maximum absolute atomic E-state index is 9.07. The van der Waals surface area contributed by atoms with Crippen LogP contribution in [-0.2, 0) is 0 Å². The molecule has 0 saturated heterocycles. The molecule has 0 aromatic heterocycles. The molecule has 0 amide bonds. The van der Waals surface area contributed by atoms with Gasteiger partial charge in [-0.05, 0) is 24.6 Å². The summed E-state index contributed by atoms with van der Waals surface area (Å²) >= 11 is 6.36. The van der Waals surface area contributed by atoms with Gasteiger partial charge in [-0.3, -0.25) is 0 Å². The summed E-state index contributed by atoms with van der Waals surface area (Å²) in [7, 11) is 0. The first-order chi connectivity index (χ1) is 8.15. The van der Waals surface area contributed by atoms with E-state index in [0.717, 1.165) is 5.56 Å². The van der Waals surface area contributed by atoms with Crippen LogP contribution in [0.25, 0.3) is 0 Å². The van der Waals surface area contributed by atoms with E-state index in [4.69, 9.17) is 21.6 Å². The Labute approximate surface area is 106 Å². The van der Waals surface area contributed by atoms with Gasteiger partial charge in [0.1, 0.15) is 11.7 Å². The summed E-state index contributed by atoms with van der Waals surface area (Å²) in [5.41, 5.74) is 0.993. The van der Waals surface area contributed by atoms with E-state index in [-0.39, 0.29) is 0 Å². The lowest BCUT2D eigenvalue weighted by Gasteiger charge is -2.29. The number of nitrogens with zero attached hydrogens (tertiary/aromatic N) is 1. The highest BCUT2D eigenvalue weighted by Crippen LogP contribution is 2.35. The molecule has 1 aliphatic carbocycles. The second kappa shape index (κ2) is 4.65. The first-order valence-corrected chi connectivity index (χ1v) is 5.73. The maximum Gasteiger partial charge on any atom is 0.220 e.